The van der Waals surface area contributed by atoms with Crippen LogP contribution in [0.1, 0.15) is 13.8 Å². The van der Waals surface area contributed by atoms with Crippen molar-refractivity contribution in [3.05, 3.63) is 18.2 Å². The van der Waals surface area contributed by atoms with Crippen molar-refractivity contribution in [3.63, 3.8) is 0 Å². The number of hydrogen-bond acceptors (Lipinski definition) is 4. The van der Waals surface area contributed by atoms with E-state index in [0.717, 1.165) is 5.75 Å². The highest BCUT2D eigenvalue weighted by Crippen LogP contribution is 2.26. The summed E-state index contributed by atoms with van der Waals surface area (Å²) >= 11 is 1.62. The van der Waals surface area contributed by atoms with E-state index in [4.69, 9.17) is 10.5 Å². The molecular formula is C13H20N2O2S. The van der Waals surface area contributed by atoms with E-state index < -0.39 is 0 Å². The zero-order valence-electron chi connectivity index (χ0n) is 11.0. The van der Waals surface area contributed by atoms with E-state index in [0.29, 0.717) is 28.8 Å². The van der Waals surface area contributed by atoms with Crippen LogP contribution in [0.4, 0.5) is 11.4 Å². The zero-order chi connectivity index (χ0) is 13.5. The lowest BCUT2D eigenvalue weighted by atomic mass is 10.2. The minimum atomic E-state index is -0.0375. The normalized spacial score (nSPS) is 10.4. The average molecular weight is 268 g/mol. The Morgan fingerprint density at radius 3 is 2.83 bits per heavy atom. The molecule has 0 aliphatic carbocycles. The molecule has 0 aliphatic heterocycles. The number of carbonyl (C=O) groups excluding carboxylic acids is 1. The predicted molar refractivity (Wildman–Crippen MR) is 78.2 cm³/mol. The smallest absolute Gasteiger partial charge is 0.234 e. The maximum absolute atomic E-state index is 11.7. The maximum atomic E-state index is 11.7. The fraction of sp³-hybridized carbons (Fsp3) is 0.462. The first-order valence-corrected chi connectivity index (χ1v) is 6.99. The van der Waals surface area contributed by atoms with Gasteiger partial charge in [-0.05, 0) is 29.9 Å². The van der Waals surface area contributed by atoms with Gasteiger partial charge in [-0.15, -0.1) is 0 Å². The lowest BCUT2D eigenvalue weighted by Crippen LogP contribution is -2.15. The molecule has 0 radical (unpaired) electrons. The van der Waals surface area contributed by atoms with Gasteiger partial charge in [0.1, 0.15) is 5.75 Å². The van der Waals surface area contributed by atoms with Gasteiger partial charge < -0.3 is 15.8 Å². The topological polar surface area (TPSA) is 64.3 Å². The molecule has 5 heteroatoms. The summed E-state index contributed by atoms with van der Waals surface area (Å²) in [5, 5.41) is 2.81. The van der Waals surface area contributed by atoms with Gasteiger partial charge in [0.05, 0.1) is 18.6 Å². The summed E-state index contributed by atoms with van der Waals surface area (Å²) in [6, 6.07) is 5.18. The number of methoxy groups -OCH3 is 1. The summed E-state index contributed by atoms with van der Waals surface area (Å²) in [5.74, 6) is 2.58. The minimum Gasteiger partial charge on any atom is -0.495 e. The van der Waals surface area contributed by atoms with Crippen molar-refractivity contribution in [3.8, 4) is 5.75 Å². The van der Waals surface area contributed by atoms with Gasteiger partial charge in [-0.25, -0.2) is 0 Å². The Morgan fingerprint density at radius 2 is 2.22 bits per heavy atom. The maximum Gasteiger partial charge on any atom is 0.234 e. The van der Waals surface area contributed by atoms with E-state index in [9.17, 15) is 4.79 Å². The Kier molecular flexibility index (Phi) is 5.85. The van der Waals surface area contributed by atoms with Crippen molar-refractivity contribution in [2.45, 2.75) is 13.8 Å². The van der Waals surface area contributed by atoms with Crippen molar-refractivity contribution in [2.24, 2.45) is 5.92 Å². The molecule has 1 aromatic rings. The number of thioether (sulfide) groups is 1. The van der Waals surface area contributed by atoms with Crippen LogP contribution in [-0.2, 0) is 4.79 Å². The zero-order valence-corrected chi connectivity index (χ0v) is 11.8. The van der Waals surface area contributed by atoms with E-state index >= 15 is 0 Å². The highest BCUT2D eigenvalue weighted by atomic mass is 32.2. The minimum absolute atomic E-state index is 0.0375. The van der Waals surface area contributed by atoms with Gasteiger partial charge in [0, 0.05) is 5.69 Å². The van der Waals surface area contributed by atoms with E-state index in [1.54, 1.807) is 37.1 Å². The quantitative estimate of drug-likeness (QED) is 0.778. The number of nitrogen functional groups attached to an aromatic ring is 1. The highest BCUT2D eigenvalue weighted by molar-refractivity contribution is 7.99. The third kappa shape index (κ3) is 4.87. The molecule has 0 fully saturated rings. The number of rotatable bonds is 6. The van der Waals surface area contributed by atoms with Crippen molar-refractivity contribution < 1.29 is 9.53 Å². The van der Waals surface area contributed by atoms with Crippen LogP contribution in [-0.4, -0.2) is 24.5 Å². The molecule has 18 heavy (non-hydrogen) atoms. The third-order valence-electron chi connectivity index (χ3n) is 2.18. The van der Waals surface area contributed by atoms with Crippen LogP contribution in [0.3, 0.4) is 0 Å². The van der Waals surface area contributed by atoms with Gasteiger partial charge in [-0.2, -0.15) is 11.8 Å². The second kappa shape index (κ2) is 7.16. The first kappa shape index (κ1) is 14.7. The van der Waals surface area contributed by atoms with Crippen LogP contribution in [0.5, 0.6) is 5.75 Å². The number of carbonyl (C=O) groups is 1. The van der Waals surface area contributed by atoms with Gasteiger partial charge >= 0.3 is 0 Å². The highest BCUT2D eigenvalue weighted by Gasteiger charge is 2.08. The summed E-state index contributed by atoms with van der Waals surface area (Å²) < 4.78 is 5.17. The molecule has 0 bridgehead atoms. The Labute approximate surface area is 112 Å². The molecule has 0 spiro atoms. The molecule has 0 aliphatic rings. The molecule has 3 N–H and O–H groups in total. The van der Waals surface area contributed by atoms with Crippen LogP contribution < -0.4 is 15.8 Å². The number of ether oxygens (including phenoxy) is 1. The fourth-order valence-electron chi connectivity index (χ4n) is 1.40. The Bertz CT molecular complexity index is 408. The van der Waals surface area contributed by atoms with Crippen molar-refractivity contribution in [1.82, 2.24) is 0 Å². The summed E-state index contributed by atoms with van der Waals surface area (Å²) in [4.78, 5) is 11.7. The van der Waals surface area contributed by atoms with Gasteiger partial charge in [0.15, 0.2) is 0 Å². The molecule has 0 unspecified atom stereocenters. The molecule has 0 aromatic heterocycles. The van der Waals surface area contributed by atoms with Gasteiger partial charge in [0.2, 0.25) is 5.91 Å². The largest absolute Gasteiger partial charge is 0.495 e. The summed E-state index contributed by atoms with van der Waals surface area (Å²) in [5.41, 5.74) is 6.90. The Hall–Kier alpha value is -1.36. The molecule has 0 saturated heterocycles. The number of anilines is 2. The van der Waals surface area contributed by atoms with Gasteiger partial charge in [-0.3, -0.25) is 4.79 Å². The summed E-state index contributed by atoms with van der Waals surface area (Å²) in [6.07, 6.45) is 0. The van der Waals surface area contributed by atoms with Crippen molar-refractivity contribution >= 4 is 29.0 Å². The SMILES string of the molecule is COc1ccc(N)cc1NC(=O)CSCC(C)C. The lowest BCUT2D eigenvalue weighted by Gasteiger charge is -2.11. The summed E-state index contributed by atoms with van der Waals surface area (Å²) in [7, 11) is 1.56. The third-order valence-corrected chi connectivity index (χ3v) is 3.55. The number of nitrogens with one attached hydrogen (secondary N) is 1. The van der Waals surface area contributed by atoms with Crippen LogP contribution >= 0.6 is 11.8 Å². The standard InChI is InChI=1S/C13H20N2O2S/c1-9(2)7-18-8-13(16)15-11-6-10(14)4-5-12(11)17-3/h4-6,9H,7-8,14H2,1-3H3,(H,15,16). The van der Waals surface area contributed by atoms with Crippen LogP contribution in [0, 0.1) is 5.92 Å². The average Bonchev–Trinajstić information content (AvgIpc) is 2.28. The molecule has 0 atom stereocenters. The second-order valence-corrected chi connectivity index (χ2v) is 5.45. The van der Waals surface area contributed by atoms with E-state index in [2.05, 4.69) is 19.2 Å². The number of benzene rings is 1. The second-order valence-electron chi connectivity index (χ2n) is 4.42. The lowest BCUT2D eigenvalue weighted by molar-refractivity contribution is -0.113. The number of amides is 1. The van der Waals surface area contributed by atoms with Gasteiger partial charge in [0.25, 0.3) is 0 Å². The van der Waals surface area contributed by atoms with E-state index in [1.165, 1.54) is 0 Å². The monoisotopic (exact) mass is 268 g/mol. The van der Waals surface area contributed by atoms with Crippen LogP contribution in [0.2, 0.25) is 0 Å². The Morgan fingerprint density at radius 1 is 1.50 bits per heavy atom. The molecule has 1 aromatic carbocycles. The molecule has 1 amide bonds. The Balaban J connectivity index is 2.55. The first-order valence-electron chi connectivity index (χ1n) is 5.84. The molecule has 0 heterocycles. The molecule has 4 nitrogen and oxygen atoms in total. The molecule has 100 valence electrons. The number of nitrogens with two attached hydrogens (primary N) is 1. The van der Waals surface area contributed by atoms with Gasteiger partial charge in [-0.1, -0.05) is 13.8 Å². The summed E-state index contributed by atoms with van der Waals surface area (Å²) in [6.45, 7) is 4.26. The fourth-order valence-corrected chi connectivity index (χ4v) is 2.24. The number of hydrogen-bond donors (Lipinski definition) is 2. The van der Waals surface area contributed by atoms with Crippen LogP contribution in [0.25, 0.3) is 0 Å². The van der Waals surface area contributed by atoms with E-state index in [1.807, 2.05) is 0 Å². The molecule has 0 saturated carbocycles. The first-order chi connectivity index (χ1) is 8.52. The van der Waals surface area contributed by atoms with E-state index in [-0.39, 0.29) is 5.91 Å². The van der Waals surface area contributed by atoms with Crippen molar-refractivity contribution in [1.29, 1.82) is 0 Å². The molecule has 1 rings (SSSR count). The predicted octanol–water partition coefficient (Wildman–Crippen LogP) is 2.61. The van der Waals surface area contributed by atoms with Crippen molar-refractivity contribution in [2.75, 3.05) is 29.7 Å². The molecular weight excluding hydrogens is 248 g/mol. The van der Waals surface area contributed by atoms with Crippen LogP contribution in [0.15, 0.2) is 18.2 Å².